The molecule has 0 unspecified atom stereocenters. The summed E-state index contributed by atoms with van der Waals surface area (Å²) in [7, 11) is 0. The van der Waals surface area contributed by atoms with Crippen LogP contribution in [0.15, 0.2) is 200 Å². The number of rotatable bonds is 4. The molecule has 1 heterocycles. The van der Waals surface area contributed by atoms with E-state index >= 15 is 0 Å². The average molecular weight is 754 g/mol. The van der Waals surface area contributed by atoms with Gasteiger partial charge in [0.1, 0.15) is 11.5 Å². The van der Waals surface area contributed by atoms with E-state index in [0.29, 0.717) is 0 Å². The molecule has 2 aliphatic rings. The van der Waals surface area contributed by atoms with Gasteiger partial charge in [-0.05, 0) is 126 Å². The summed E-state index contributed by atoms with van der Waals surface area (Å²) < 4.78 is 7.05. The fourth-order valence-electron chi connectivity index (χ4n) is 9.98. The van der Waals surface area contributed by atoms with Gasteiger partial charge in [-0.1, -0.05) is 159 Å². The zero-order chi connectivity index (χ0) is 39.2. The van der Waals surface area contributed by atoms with E-state index in [-0.39, 0.29) is 5.41 Å². The van der Waals surface area contributed by atoms with E-state index in [2.05, 4.69) is 219 Å². The lowest BCUT2D eigenvalue weighted by molar-refractivity contribution is 0.488. The summed E-state index contributed by atoms with van der Waals surface area (Å²) in [6.45, 7) is 4.72. The minimum absolute atomic E-state index is 0.150. The van der Waals surface area contributed by atoms with Gasteiger partial charge in [0.2, 0.25) is 0 Å². The van der Waals surface area contributed by atoms with E-state index in [9.17, 15) is 0 Å². The molecule has 0 spiro atoms. The first-order valence-corrected chi connectivity index (χ1v) is 20.5. The number of ether oxygens (including phenoxy) is 1. The molecule has 278 valence electrons. The highest BCUT2D eigenvalue weighted by Crippen LogP contribution is 2.55. The molecule has 59 heavy (non-hydrogen) atoms. The van der Waals surface area contributed by atoms with Gasteiger partial charge in [-0.2, -0.15) is 0 Å². The zero-order valence-corrected chi connectivity index (χ0v) is 32.9. The predicted octanol–water partition coefficient (Wildman–Crippen LogP) is 16.0. The monoisotopic (exact) mass is 753 g/mol. The maximum Gasteiger partial charge on any atom is 0.135 e. The van der Waals surface area contributed by atoms with Crippen LogP contribution in [0.25, 0.3) is 76.8 Å². The third-order valence-corrected chi connectivity index (χ3v) is 12.8. The second-order valence-electron chi connectivity index (χ2n) is 16.5. The largest absolute Gasteiger partial charge is 0.456 e. The highest BCUT2D eigenvalue weighted by molar-refractivity contribution is 6.15. The van der Waals surface area contributed by atoms with Crippen LogP contribution < -0.4 is 9.64 Å². The molecule has 1 aliphatic carbocycles. The lowest BCUT2D eigenvalue weighted by Crippen LogP contribution is -2.16. The molecular formula is C57H39NO. The maximum absolute atomic E-state index is 7.05. The van der Waals surface area contributed by atoms with Gasteiger partial charge < -0.3 is 9.64 Å². The van der Waals surface area contributed by atoms with E-state index in [4.69, 9.17) is 4.74 Å². The highest BCUT2D eigenvalue weighted by atomic mass is 16.5. The number of hydrogen-bond acceptors (Lipinski definition) is 2. The molecular weight excluding hydrogens is 715 g/mol. The standard InChI is InChI=1S/C57H39NO/c1-57(2)51-25-13-12-22-45(51)46-29-27-41(35-52(46)57)58(53-33-39-19-8-9-20-42(39)44-21-10-11-23-47(44)53)40-28-30-54-49(34-40)48-31-37-17-6-7-18-38(37)32-50(48)56-43(24-14-26-55(56)59-54)36-15-4-3-5-16-36/h3-35H,1-2H3. The van der Waals surface area contributed by atoms with Crippen molar-refractivity contribution in [2.24, 2.45) is 0 Å². The van der Waals surface area contributed by atoms with Gasteiger partial charge in [-0.25, -0.2) is 0 Å². The second kappa shape index (κ2) is 12.8. The van der Waals surface area contributed by atoms with Crippen LogP contribution in [0.2, 0.25) is 0 Å². The van der Waals surface area contributed by atoms with E-state index in [1.807, 2.05) is 0 Å². The van der Waals surface area contributed by atoms with Crippen molar-refractivity contribution in [3.05, 3.63) is 211 Å². The van der Waals surface area contributed by atoms with Crippen molar-refractivity contribution in [1.29, 1.82) is 0 Å². The number of hydrogen-bond donors (Lipinski definition) is 0. The smallest absolute Gasteiger partial charge is 0.135 e. The van der Waals surface area contributed by atoms with E-state index in [1.54, 1.807) is 0 Å². The minimum atomic E-state index is -0.150. The summed E-state index contributed by atoms with van der Waals surface area (Å²) in [5.41, 5.74) is 15.3. The Kier molecular flexibility index (Phi) is 7.31. The number of nitrogens with zero attached hydrogens (tertiary/aromatic N) is 1. The Morgan fingerprint density at radius 3 is 1.83 bits per heavy atom. The fraction of sp³-hybridized carbons (Fsp3) is 0.0526. The predicted molar refractivity (Wildman–Crippen MR) is 248 cm³/mol. The Hall–Kier alpha value is -7.42. The molecule has 10 aromatic carbocycles. The summed E-state index contributed by atoms with van der Waals surface area (Å²) in [6, 6.07) is 73.2. The molecule has 0 atom stereocenters. The summed E-state index contributed by atoms with van der Waals surface area (Å²) in [5, 5.41) is 7.29. The van der Waals surface area contributed by atoms with E-state index < -0.39 is 0 Å². The lowest BCUT2D eigenvalue weighted by Gasteiger charge is -2.30. The first-order valence-electron chi connectivity index (χ1n) is 20.5. The fourth-order valence-corrected chi connectivity index (χ4v) is 9.98. The van der Waals surface area contributed by atoms with Gasteiger partial charge in [-0.3, -0.25) is 0 Å². The van der Waals surface area contributed by atoms with Gasteiger partial charge in [-0.15, -0.1) is 0 Å². The molecule has 0 saturated carbocycles. The molecule has 12 rings (SSSR count). The van der Waals surface area contributed by atoms with Gasteiger partial charge in [0.25, 0.3) is 0 Å². The number of anilines is 3. The molecule has 2 heteroatoms. The van der Waals surface area contributed by atoms with Crippen LogP contribution in [0.4, 0.5) is 17.1 Å². The molecule has 0 aromatic heterocycles. The van der Waals surface area contributed by atoms with E-state index in [1.165, 1.54) is 54.6 Å². The summed E-state index contributed by atoms with van der Waals surface area (Å²) in [6.07, 6.45) is 0. The normalized spacial score (nSPS) is 13.2. The van der Waals surface area contributed by atoms with Crippen molar-refractivity contribution in [2.45, 2.75) is 19.3 Å². The number of fused-ring (bicyclic) bond motifs is 12. The number of benzene rings is 10. The van der Waals surface area contributed by atoms with Crippen LogP contribution in [0.3, 0.4) is 0 Å². The topological polar surface area (TPSA) is 12.5 Å². The molecule has 2 nitrogen and oxygen atoms in total. The lowest BCUT2D eigenvalue weighted by atomic mass is 9.82. The van der Waals surface area contributed by atoms with Crippen LogP contribution in [0, 0.1) is 0 Å². The van der Waals surface area contributed by atoms with Crippen LogP contribution in [-0.4, -0.2) is 0 Å². The SMILES string of the molecule is CC1(C)c2ccccc2-c2ccc(N(c3ccc4c(c3)-c3cc5ccccc5cc3-c3c(cccc3-c3ccccc3)O4)c3cc4ccccc4c4ccccc34)cc21. The molecule has 0 radical (unpaired) electrons. The van der Waals surface area contributed by atoms with Crippen LogP contribution >= 0.6 is 0 Å². The van der Waals surface area contributed by atoms with Crippen molar-refractivity contribution < 1.29 is 4.74 Å². The molecule has 0 fully saturated rings. The highest BCUT2D eigenvalue weighted by Gasteiger charge is 2.36. The van der Waals surface area contributed by atoms with E-state index in [0.717, 1.165) is 61.9 Å². The Morgan fingerprint density at radius 1 is 0.373 bits per heavy atom. The van der Waals surface area contributed by atoms with Crippen molar-refractivity contribution in [2.75, 3.05) is 4.90 Å². The Bertz CT molecular complexity index is 3340. The summed E-state index contributed by atoms with van der Waals surface area (Å²) >= 11 is 0. The summed E-state index contributed by atoms with van der Waals surface area (Å²) in [4.78, 5) is 2.47. The van der Waals surface area contributed by atoms with Crippen molar-refractivity contribution in [3.63, 3.8) is 0 Å². The zero-order valence-electron chi connectivity index (χ0n) is 32.9. The quantitative estimate of drug-likeness (QED) is 0.166. The molecule has 0 amide bonds. The first kappa shape index (κ1) is 33.7. The van der Waals surface area contributed by atoms with Crippen LogP contribution in [-0.2, 0) is 5.41 Å². The van der Waals surface area contributed by atoms with Crippen molar-refractivity contribution in [3.8, 4) is 56.0 Å². The molecule has 10 aromatic rings. The Balaban J connectivity index is 1.14. The Morgan fingerprint density at radius 2 is 1.00 bits per heavy atom. The molecule has 0 bridgehead atoms. The minimum Gasteiger partial charge on any atom is -0.456 e. The Labute approximate surface area is 344 Å². The van der Waals surface area contributed by atoms with Crippen LogP contribution in [0.1, 0.15) is 25.0 Å². The molecule has 0 saturated heterocycles. The third kappa shape index (κ3) is 5.13. The molecule has 0 N–H and O–H groups in total. The molecule has 1 aliphatic heterocycles. The van der Waals surface area contributed by atoms with Gasteiger partial charge in [0.15, 0.2) is 0 Å². The van der Waals surface area contributed by atoms with Crippen molar-refractivity contribution in [1.82, 2.24) is 0 Å². The van der Waals surface area contributed by atoms with Crippen molar-refractivity contribution >= 4 is 49.4 Å². The maximum atomic E-state index is 7.05. The summed E-state index contributed by atoms with van der Waals surface area (Å²) in [5.74, 6) is 1.69. The van der Waals surface area contributed by atoms with Crippen LogP contribution in [0.5, 0.6) is 11.5 Å². The second-order valence-corrected chi connectivity index (χ2v) is 16.5. The van der Waals surface area contributed by atoms with Gasteiger partial charge >= 0.3 is 0 Å². The third-order valence-electron chi connectivity index (χ3n) is 12.8. The first-order chi connectivity index (χ1) is 29.0. The van der Waals surface area contributed by atoms with Gasteiger partial charge in [0, 0.05) is 33.3 Å². The van der Waals surface area contributed by atoms with Gasteiger partial charge in [0.05, 0.1) is 5.69 Å². The average Bonchev–Trinajstić information content (AvgIpc) is 3.42.